The molecule has 1 unspecified atom stereocenters. The zero-order valence-electron chi connectivity index (χ0n) is 11.6. The Morgan fingerprint density at radius 1 is 1.50 bits per heavy atom. The van der Waals surface area contributed by atoms with E-state index in [1.165, 1.54) is 12.8 Å². The number of fused-ring (bicyclic) bond motifs is 1. The van der Waals surface area contributed by atoms with E-state index in [1.54, 1.807) is 16.2 Å². The van der Waals surface area contributed by atoms with Crippen molar-refractivity contribution in [1.29, 1.82) is 0 Å². The van der Waals surface area contributed by atoms with Crippen LogP contribution in [0.3, 0.4) is 0 Å². The van der Waals surface area contributed by atoms with Crippen molar-refractivity contribution in [2.75, 3.05) is 7.05 Å². The van der Waals surface area contributed by atoms with Gasteiger partial charge in [-0.1, -0.05) is 12.1 Å². The van der Waals surface area contributed by atoms with E-state index in [2.05, 4.69) is 11.1 Å². The summed E-state index contributed by atoms with van der Waals surface area (Å²) in [5.41, 5.74) is 7.01. The smallest absolute Gasteiger partial charge is 0.224 e. The van der Waals surface area contributed by atoms with Crippen molar-refractivity contribution >= 4 is 27.5 Å². The second-order valence-electron chi connectivity index (χ2n) is 5.53. The van der Waals surface area contributed by atoms with Crippen LogP contribution in [-0.2, 0) is 11.3 Å². The number of para-hydroxylation sites is 1. The molecule has 106 valence electrons. The van der Waals surface area contributed by atoms with Gasteiger partial charge < -0.3 is 10.6 Å². The van der Waals surface area contributed by atoms with E-state index in [4.69, 9.17) is 5.73 Å². The molecule has 1 aliphatic carbocycles. The summed E-state index contributed by atoms with van der Waals surface area (Å²) in [5.74, 6) is 0.679. The standard InChI is InChI=1S/C15H19N3OS/c1-18(15(19)8-11(16)10-6-7-10)9-14-17-12-4-2-3-5-13(12)20-14/h2-5,10-11H,6-9,16H2,1H3. The Hall–Kier alpha value is -1.46. The molecule has 0 bridgehead atoms. The molecule has 1 fully saturated rings. The maximum absolute atomic E-state index is 12.1. The lowest BCUT2D eigenvalue weighted by atomic mass is 10.1. The second kappa shape index (κ2) is 5.50. The molecule has 1 aliphatic rings. The lowest BCUT2D eigenvalue weighted by molar-refractivity contribution is -0.130. The molecular weight excluding hydrogens is 270 g/mol. The maximum atomic E-state index is 12.1. The van der Waals surface area contributed by atoms with Gasteiger partial charge in [-0.15, -0.1) is 11.3 Å². The molecule has 1 saturated carbocycles. The molecule has 2 N–H and O–H groups in total. The van der Waals surface area contributed by atoms with Gasteiger partial charge in [0.2, 0.25) is 5.91 Å². The normalized spacial score (nSPS) is 16.3. The molecule has 3 rings (SSSR count). The van der Waals surface area contributed by atoms with Crippen LogP contribution < -0.4 is 5.73 Å². The number of hydrogen-bond acceptors (Lipinski definition) is 4. The van der Waals surface area contributed by atoms with Gasteiger partial charge in [-0.25, -0.2) is 4.98 Å². The fraction of sp³-hybridized carbons (Fsp3) is 0.467. The third-order valence-electron chi connectivity index (χ3n) is 3.77. The first-order chi connectivity index (χ1) is 9.63. The van der Waals surface area contributed by atoms with Crippen LogP contribution in [0.4, 0.5) is 0 Å². The Morgan fingerprint density at radius 2 is 2.25 bits per heavy atom. The molecule has 1 amide bonds. The number of nitrogens with zero attached hydrogens (tertiary/aromatic N) is 2. The molecule has 1 aromatic carbocycles. The summed E-state index contributed by atoms with van der Waals surface area (Å²) in [5, 5.41) is 0.974. The molecule has 1 heterocycles. The molecule has 1 aromatic heterocycles. The largest absolute Gasteiger partial charge is 0.339 e. The molecule has 4 nitrogen and oxygen atoms in total. The molecule has 20 heavy (non-hydrogen) atoms. The van der Waals surface area contributed by atoms with Crippen LogP contribution in [0.5, 0.6) is 0 Å². The average molecular weight is 289 g/mol. The van der Waals surface area contributed by atoms with Gasteiger partial charge in [0.15, 0.2) is 0 Å². The molecule has 0 spiro atoms. The monoisotopic (exact) mass is 289 g/mol. The number of amides is 1. The van der Waals surface area contributed by atoms with Crippen molar-refractivity contribution in [2.24, 2.45) is 11.7 Å². The maximum Gasteiger partial charge on any atom is 0.224 e. The van der Waals surface area contributed by atoms with Gasteiger partial charge in [0.05, 0.1) is 16.8 Å². The molecule has 1 atom stereocenters. The Labute approximate surface area is 122 Å². The topological polar surface area (TPSA) is 59.2 Å². The minimum absolute atomic E-state index is 0.0281. The number of carbonyl (C=O) groups excluding carboxylic acids is 1. The zero-order chi connectivity index (χ0) is 14.1. The number of benzene rings is 1. The fourth-order valence-electron chi connectivity index (χ4n) is 2.33. The summed E-state index contributed by atoms with van der Waals surface area (Å²) in [4.78, 5) is 18.4. The summed E-state index contributed by atoms with van der Waals surface area (Å²) < 4.78 is 1.16. The average Bonchev–Trinajstić information content (AvgIpc) is 3.19. The molecule has 0 saturated heterocycles. The van der Waals surface area contributed by atoms with E-state index in [0.29, 0.717) is 18.9 Å². The first-order valence-electron chi connectivity index (χ1n) is 6.97. The van der Waals surface area contributed by atoms with Gasteiger partial charge in [0.25, 0.3) is 0 Å². The number of nitrogens with two attached hydrogens (primary N) is 1. The summed E-state index contributed by atoms with van der Waals surface area (Å²) in [7, 11) is 1.83. The van der Waals surface area contributed by atoms with E-state index >= 15 is 0 Å². The predicted octanol–water partition coefficient (Wildman–Crippen LogP) is 2.38. The van der Waals surface area contributed by atoms with Gasteiger partial charge in [-0.3, -0.25) is 4.79 Å². The summed E-state index contributed by atoms with van der Waals surface area (Å²) >= 11 is 1.64. The number of thiazole rings is 1. The van der Waals surface area contributed by atoms with Crippen molar-refractivity contribution in [3.63, 3.8) is 0 Å². The number of aromatic nitrogens is 1. The van der Waals surface area contributed by atoms with E-state index in [0.717, 1.165) is 15.2 Å². The number of carbonyl (C=O) groups is 1. The first-order valence-corrected chi connectivity index (χ1v) is 7.79. The van der Waals surface area contributed by atoms with E-state index in [9.17, 15) is 4.79 Å². The molecule has 0 radical (unpaired) electrons. The zero-order valence-corrected chi connectivity index (χ0v) is 12.4. The lowest BCUT2D eigenvalue weighted by Crippen LogP contribution is -2.34. The molecule has 0 aliphatic heterocycles. The van der Waals surface area contributed by atoms with Crippen LogP contribution in [0.1, 0.15) is 24.3 Å². The van der Waals surface area contributed by atoms with Crippen molar-refractivity contribution in [3.8, 4) is 0 Å². The molecule has 2 aromatic rings. The minimum atomic E-state index is 0.0281. The SMILES string of the molecule is CN(Cc1nc2ccccc2s1)C(=O)CC(N)C1CC1. The van der Waals surface area contributed by atoms with Gasteiger partial charge in [0, 0.05) is 19.5 Å². The Morgan fingerprint density at radius 3 is 2.95 bits per heavy atom. The van der Waals surface area contributed by atoms with Gasteiger partial charge >= 0.3 is 0 Å². The minimum Gasteiger partial charge on any atom is -0.339 e. The highest BCUT2D eigenvalue weighted by atomic mass is 32.1. The molecular formula is C15H19N3OS. The van der Waals surface area contributed by atoms with E-state index in [1.807, 2.05) is 25.2 Å². The quantitative estimate of drug-likeness (QED) is 0.919. The van der Waals surface area contributed by atoms with Crippen LogP contribution >= 0.6 is 11.3 Å². The van der Waals surface area contributed by atoms with Crippen molar-refractivity contribution in [2.45, 2.75) is 31.8 Å². The highest BCUT2D eigenvalue weighted by Gasteiger charge is 2.30. The predicted molar refractivity (Wildman–Crippen MR) is 81.4 cm³/mol. The van der Waals surface area contributed by atoms with Crippen molar-refractivity contribution in [3.05, 3.63) is 29.3 Å². The summed E-state index contributed by atoms with van der Waals surface area (Å²) in [6, 6.07) is 8.07. The van der Waals surface area contributed by atoms with Gasteiger partial charge in [-0.2, -0.15) is 0 Å². The number of hydrogen-bond donors (Lipinski definition) is 1. The third-order valence-corrected chi connectivity index (χ3v) is 4.80. The Bertz CT molecular complexity index is 587. The van der Waals surface area contributed by atoms with Crippen LogP contribution in [0.2, 0.25) is 0 Å². The first kappa shape index (κ1) is 13.5. The van der Waals surface area contributed by atoms with Crippen molar-refractivity contribution in [1.82, 2.24) is 9.88 Å². The highest BCUT2D eigenvalue weighted by molar-refractivity contribution is 7.18. The lowest BCUT2D eigenvalue weighted by Gasteiger charge is -2.18. The fourth-order valence-corrected chi connectivity index (χ4v) is 3.35. The van der Waals surface area contributed by atoms with Crippen LogP contribution in [-0.4, -0.2) is 28.9 Å². The molecule has 5 heteroatoms. The van der Waals surface area contributed by atoms with Gasteiger partial charge in [0.1, 0.15) is 5.01 Å². The highest BCUT2D eigenvalue weighted by Crippen LogP contribution is 2.33. The number of rotatable bonds is 5. The summed E-state index contributed by atoms with van der Waals surface area (Å²) in [6.07, 6.45) is 2.80. The van der Waals surface area contributed by atoms with Gasteiger partial charge in [-0.05, 0) is 30.9 Å². The second-order valence-corrected chi connectivity index (χ2v) is 6.65. The van der Waals surface area contributed by atoms with E-state index in [-0.39, 0.29) is 11.9 Å². The van der Waals surface area contributed by atoms with Crippen molar-refractivity contribution < 1.29 is 4.79 Å². The van der Waals surface area contributed by atoms with Crippen LogP contribution in [0, 0.1) is 5.92 Å². The Kier molecular flexibility index (Phi) is 3.72. The van der Waals surface area contributed by atoms with Crippen LogP contribution in [0.25, 0.3) is 10.2 Å². The Balaban J connectivity index is 1.62. The summed E-state index contributed by atoms with van der Waals surface area (Å²) in [6.45, 7) is 0.565. The van der Waals surface area contributed by atoms with E-state index < -0.39 is 0 Å². The van der Waals surface area contributed by atoms with Crippen LogP contribution in [0.15, 0.2) is 24.3 Å². The third kappa shape index (κ3) is 2.99.